The molecular formula is C15H13N5O4S2. The molecule has 1 amide bonds. The standard InChI is InChI=1S/C15H13N5O4S2/c1-22-5-12-19-20-15(26-12)18-13(21)9-6-25-14(17-9)16-8-2-3-10-11(4-8)24-7-23-10/h2-4,6H,5,7H2,1H3,(H,16,17)(H,18,20,21). The number of carbonyl (C=O) groups excluding carboxylic acids is 1. The van der Waals surface area contributed by atoms with E-state index in [4.69, 9.17) is 14.2 Å². The van der Waals surface area contributed by atoms with Gasteiger partial charge in [0.05, 0.1) is 0 Å². The van der Waals surface area contributed by atoms with Crippen LogP contribution in [0, 0.1) is 0 Å². The van der Waals surface area contributed by atoms with E-state index in [1.54, 1.807) is 12.5 Å². The number of hydrogen-bond donors (Lipinski definition) is 2. The molecule has 0 saturated carbocycles. The number of rotatable bonds is 6. The SMILES string of the molecule is COCc1nnc(NC(=O)c2csc(Nc3ccc4c(c3)OCO4)n2)s1. The Morgan fingerprint density at radius 3 is 3.04 bits per heavy atom. The number of fused-ring (bicyclic) bond motifs is 1. The van der Waals surface area contributed by atoms with Crippen LogP contribution in [0.3, 0.4) is 0 Å². The zero-order chi connectivity index (χ0) is 17.9. The van der Waals surface area contributed by atoms with Crippen LogP contribution < -0.4 is 20.1 Å². The van der Waals surface area contributed by atoms with Crippen molar-refractivity contribution in [2.24, 2.45) is 0 Å². The fourth-order valence-corrected chi connectivity index (χ4v) is 3.60. The molecule has 9 nitrogen and oxygen atoms in total. The molecule has 1 aliphatic heterocycles. The van der Waals surface area contributed by atoms with Crippen molar-refractivity contribution in [2.45, 2.75) is 6.61 Å². The molecule has 11 heteroatoms. The number of anilines is 3. The van der Waals surface area contributed by atoms with Crippen LogP contribution in [0.4, 0.5) is 16.0 Å². The van der Waals surface area contributed by atoms with Crippen LogP contribution in [0.25, 0.3) is 0 Å². The molecule has 2 N–H and O–H groups in total. The maximum Gasteiger partial charge on any atom is 0.277 e. The molecule has 0 bridgehead atoms. The zero-order valence-corrected chi connectivity index (χ0v) is 15.1. The van der Waals surface area contributed by atoms with E-state index < -0.39 is 0 Å². The summed E-state index contributed by atoms with van der Waals surface area (Å²) >= 11 is 2.58. The molecule has 3 heterocycles. The number of ether oxygens (including phenoxy) is 3. The zero-order valence-electron chi connectivity index (χ0n) is 13.5. The Hall–Kier alpha value is -2.76. The minimum atomic E-state index is -0.347. The lowest BCUT2D eigenvalue weighted by Crippen LogP contribution is -2.12. The van der Waals surface area contributed by atoms with Crippen molar-refractivity contribution in [1.82, 2.24) is 15.2 Å². The Labute approximate surface area is 156 Å². The summed E-state index contributed by atoms with van der Waals surface area (Å²) in [6, 6.07) is 5.49. The Balaban J connectivity index is 1.41. The van der Waals surface area contributed by atoms with E-state index in [9.17, 15) is 4.79 Å². The highest BCUT2D eigenvalue weighted by Gasteiger charge is 2.16. The number of thiazole rings is 1. The molecule has 0 aliphatic carbocycles. The molecular weight excluding hydrogens is 378 g/mol. The van der Waals surface area contributed by atoms with E-state index >= 15 is 0 Å². The second kappa shape index (κ2) is 7.23. The third kappa shape index (κ3) is 3.59. The third-order valence-corrected chi connectivity index (χ3v) is 4.89. The van der Waals surface area contributed by atoms with Crippen LogP contribution in [0.5, 0.6) is 11.5 Å². The van der Waals surface area contributed by atoms with Gasteiger partial charge in [0, 0.05) is 24.2 Å². The Morgan fingerprint density at radius 2 is 2.15 bits per heavy atom. The first-order valence-corrected chi connectivity index (χ1v) is 9.16. The first kappa shape index (κ1) is 16.7. The predicted molar refractivity (Wildman–Crippen MR) is 96.5 cm³/mol. The summed E-state index contributed by atoms with van der Waals surface area (Å²) in [7, 11) is 1.57. The average Bonchev–Trinajstić information content (AvgIpc) is 3.36. The van der Waals surface area contributed by atoms with Gasteiger partial charge in [-0.05, 0) is 12.1 Å². The molecule has 0 unspecified atom stereocenters. The molecule has 1 aliphatic rings. The Bertz CT molecular complexity index is 942. The van der Waals surface area contributed by atoms with Crippen molar-refractivity contribution in [2.75, 3.05) is 24.5 Å². The highest BCUT2D eigenvalue weighted by Crippen LogP contribution is 2.35. The molecule has 0 radical (unpaired) electrons. The maximum atomic E-state index is 12.3. The first-order valence-electron chi connectivity index (χ1n) is 7.46. The quantitative estimate of drug-likeness (QED) is 0.660. The van der Waals surface area contributed by atoms with Crippen LogP contribution in [-0.2, 0) is 11.3 Å². The molecule has 0 atom stereocenters. The predicted octanol–water partition coefficient (Wildman–Crippen LogP) is 2.87. The molecule has 0 spiro atoms. The fourth-order valence-electron chi connectivity index (χ4n) is 2.18. The number of benzene rings is 1. The van der Waals surface area contributed by atoms with Gasteiger partial charge in [0.15, 0.2) is 16.6 Å². The Morgan fingerprint density at radius 1 is 1.27 bits per heavy atom. The topological polar surface area (TPSA) is 107 Å². The van der Waals surface area contributed by atoms with Gasteiger partial charge in [0.25, 0.3) is 5.91 Å². The molecule has 3 aromatic rings. The highest BCUT2D eigenvalue weighted by molar-refractivity contribution is 7.15. The summed E-state index contributed by atoms with van der Waals surface area (Å²) in [5, 5.41) is 17.0. The van der Waals surface area contributed by atoms with Crippen molar-refractivity contribution < 1.29 is 19.0 Å². The number of aromatic nitrogens is 3. The lowest BCUT2D eigenvalue weighted by atomic mass is 10.3. The highest BCUT2D eigenvalue weighted by atomic mass is 32.1. The molecule has 1 aromatic carbocycles. The molecule has 2 aromatic heterocycles. The van der Waals surface area contributed by atoms with E-state index in [1.807, 2.05) is 18.2 Å². The minimum absolute atomic E-state index is 0.220. The van der Waals surface area contributed by atoms with E-state index in [2.05, 4.69) is 25.8 Å². The van der Waals surface area contributed by atoms with Crippen LogP contribution in [-0.4, -0.2) is 35.0 Å². The fraction of sp³-hybridized carbons (Fsp3) is 0.200. The molecule has 26 heavy (non-hydrogen) atoms. The average molecular weight is 391 g/mol. The van der Waals surface area contributed by atoms with Gasteiger partial charge in [-0.3, -0.25) is 10.1 Å². The van der Waals surface area contributed by atoms with Crippen molar-refractivity contribution >= 4 is 44.5 Å². The van der Waals surface area contributed by atoms with Crippen LogP contribution in [0.2, 0.25) is 0 Å². The van der Waals surface area contributed by atoms with Gasteiger partial charge >= 0.3 is 0 Å². The Kier molecular flexibility index (Phi) is 4.65. The van der Waals surface area contributed by atoms with Gasteiger partial charge in [-0.2, -0.15) is 0 Å². The normalized spacial score (nSPS) is 12.2. The summed E-state index contributed by atoms with van der Waals surface area (Å²) < 4.78 is 15.6. The van der Waals surface area contributed by atoms with Gasteiger partial charge in [-0.25, -0.2) is 4.98 Å². The van der Waals surface area contributed by atoms with Crippen molar-refractivity contribution in [3.05, 3.63) is 34.3 Å². The smallest absolute Gasteiger partial charge is 0.277 e. The second-order valence-electron chi connectivity index (χ2n) is 5.12. The van der Waals surface area contributed by atoms with E-state index in [1.165, 1.54) is 22.7 Å². The van der Waals surface area contributed by atoms with Gasteiger partial charge in [-0.15, -0.1) is 21.5 Å². The van der Waals surface area contributed by atoms with Crippen LogP contribution in [0.1, 0.15) is 15.5 Å². The lowest BCUT2D eigenvalue weighted by Gasteiger charge is -2.03. The largest absolute Gasteiger partial charge is 0.454 e. The van der Waals surface area contributed by atoms with Gasteiger partial charge in [0.1, 0.15) is 17.3 Å². The van der Waals surface area contributed by atoms with E-state index in [-0.39, 0.29) is 12.7 Å². The van der Waals surface area contributed by atoms with Crippen LogP contribution >= 0.6 is 22.7 Å². The van der Waals surface area contributed by atoms with E-state index in [0.29, 0.717) is 39.1 Å². The molecule has 4 rings (SSSR count). The number of nitrogens with one attached hydrogen (secondary N) is 2. The first-order chi connectivity index (χ1) is 12.7. The molecule has 134 valence electrons. The number of hydrogen-bond acceptors (Lipinski definition) is 10. The third-order valence-electron chi connectivity index (χ3n) is 3.32. The summed E-state index contributed by atoms with van der Waals surface area (Å²) in [4.78, 5) is 16.6. The monoisotopic (exact) mass is 391 g/mol. The number of methoxy groups -OCH3 is 1. The van der Waals surface area contributed by atoms with Crippen molar-refractivity contribution in [1.29, 1.82) is 0 Å². The van der Waals surface area contributed by atoms with Crippen LogP contribution in [0.15, 0.2) is 23.6 Å². The number of amides is 1. The summed E-state index contributed by atoms with van der Waals surface area (Å²) in [5.41, 5.74) is 1.09. The molecule has 0 fully saturated rings. The van der Waals surface area contributed by atoms with Crippen molar-refractivity contribution in [3.63, 3.8) is 0 Å². The van der Waals surface area contributed by atoms with Gasteiger partial charge < -0.3 is 19.5 Å². The van der Waals surface area contributed by atoms with E-state index in [0.717, 1.165) is 5.69 Å². The summed E-state index contributed by atoms with van der Waals surface area (Å²) in [6.45, 7) is 0.575. The summed E-state index contributed by atoms with van der Waals surface area (Å²) in [6.07, 6.45) is 0. The minimum Gasteiger partial charge on any atom is -0.454 e. The van der Waals surface area contributed by atoms with Gasteiger partial charge in [-0.1, -0.05) is 11.3 Å². The second-order valence-corrected chi connectivity index (χ2v) is 7.04. The van der Waals surface area contributed by atoms with Gasteiger partial charge in [0.2, 0.25) is 11.9 Å². The number of nitrogens with zero attached hydrogens (tertiary/aromatic N) is 3. The maximum absolute atomic E-state index is 12.3. The molecule has 0 saturated heterocycles. The summed E-state index contributed by atoms with van der Waals surface area (Å²) in [5.74, 6) is 1.03. The van der Waals surface area contributed by atoms with Crippen molar-refractivity contribution in [3.8, 4) is 11.5 Å². The number of carbonyl (C=O) groups is 1. The lowest BCUT2D eigenvalue weighted by molar-refractivity contribution is 0.102.